The monoisotopic (exact) mass is 399 g/mol. The van der Waals surface area contributed by atoms with Crippen LogP contribution in [0, 0.1) is 11.8 Å². The molecule has 0 unspecified atom stereocenters. The lowest BCUT2D eigenvalue weighted by Gasteiger charge is -2.35. The van der Waals surface area contributed by atoms with E-state index in [0.29, 0.717) is 41.3 Å². The summed E-state index contributed by atoms with van der Waals surface area (Å²) in [7, 11) is 2.94. The van der Waals surface area contributed by atoms with Crippen molar-refractivity contribution in [3.05, 3.63) is 42.2 Å². The number of carbonyl (C=O) groups is 1. The first-order valence-electron chi connectivity index (χ1n) is 9.71. The number of benzene rings is 1. The predicted octanol–water partition coefficient (Wildman–Crippen LogP) is 1.93. The Morgan fingerprint density at radius 3 is 2.31 bits per heavy atom. The summed E-state index contributed by atoms with van der Waals surface area (Å²) in [5.41, 5.74) is 0.468. The number of carbonyl (C=O) groups excluding carboxylic acids is 1. The van der Waals surface area contributed by atoms with E-state index in [4.69, 9.17) is 14.2 Å². The second-order valence-corrected chi connectivity index (χ2v) is 7.56. The van der Waals surface area contributed by atoms with E-state index < -0.39 is 6.10 Å². The van der Waals surface area contributed by atoms with Crippen LogP contribution in [0.1, 0.15) is 23.2 Å². The predicted molar refractivity (Wildman–Crippen MR) is 105 cm³/mol. The summed E-state index contributed by atoms with van der Waals surface area (Å²) in [5.74, 6) is 2.36. The molecule has 1 saturated heterocycles. The van der Waals surface area contributed by atoms with Crippen LogP contribution in [0.25, 0.3) is 0 Å². The molecule has 2 heterocycles. The molecule has 154 valence electrons. The summed E-state index contributed by atoms with van der Waals surface area (Å²) >= 11 is 0. The van der Waals surface area contributed by atoms with Gasteiger partial charge in [0.05, 0.1) is 38.3 Å². The van der Waals surface area contributed by atoms with E-state index in [1.165, 1.54) is 7.11 Å². The normalized spacial score (nSPS) is 26.0. The van der Waals surface area contributed by atoms with E-state index in [9.17, 15) is 9.90 Å². The lowest BCUT2D eigenvalue weighted by molar-refractivity contribution is -0.0231. The smallest absolute Gasteiger partial charge is 0.337 e. The minimum absolute atomic E-state index is 0.281. The molecule has 8 heteroatoms. The fourth-order valence-corrected chi connectivity index (χ4v) is 4.22. The van der Waals surface area contributed by atoms with Crippen LogP contribution in [-0.4, -0.2) is 60.6 Å². The molecule has 1 N–H and O–H groups in total. The van der Waals surface area contributed by atoms with E-state index in [0.717, 1.165) is 19.5 Å². The first-order chi connectivity index (χ1) is 14.1. The van der Waals surface area contributed by atoms with E-state index >= 15 is 0 Å². The Hall–Kier alpha value is -2.87. The number of hydrogen-bond donors (Lipinski definition) is 1. The molecular weight excluding hydrogens is 374 g/mol. The fraction of sp³-hybridized carbons (Fsp3) is 0.476. The van der Waals surface area contributed by atoms with Crippen molar-refractivity contribution in [2.45, 2.75) is 25.0 Å². The quantitative estimate of drug-likeness (QED) is 0.763. The second kappa shape index (κ2) is 8.24. The number of methoxy groups -OCH3 is 2. The molecule has 2 aromatic rings. The summed E-state index contributed by atoms with van der Waals surface area (Å²) in [5, 5.41) is 10.6. The molecule has 29 heavy (non-hydrogen) atoms. The molecule has 1 saturated carbocycles. The first-order valence-corrected chi connectivity index (χ1v) is 9.71. The molecule has 2 fully saturated rings. The fourth-order valence-electron chi connectivity index (χ4n) is 4.22. The third kappa shape index (κ3) is 4.12. The van der Waals surface area contributed by atoms with E-state index in [2.05, 4.69) is 14.9 Å². The maximum atomic E-state index is 11.6. The van der Waals surface area contributed by atoms with E-state index in [1.54, 1.807) is 43.8 Å². The average Bonchev–Trinajstić information content (AvgIpc) is 3.16. The molecule has 0 amide bonds. The van der Waals surface area contributed by atoms with Gasteiger partial charge in [0.25, 0.3) is 0 Å². The van der Waals surface area contributed by atoms with Crippen molar-refractivity contribution in [1.82, 2.24) is 9.97 Å². The molecule has 0 bridgehead atoms. The van der Waals surface area contributed by atoms with Crippen molar-refractivity contribution in [2.24, 2.45) is 11.8 Å². The second-order valence-electron chi connectivity index (χ2n) is 7.56. The van der Waals surface area contributed by atoms with Crippen LogP contribution in [0.4, 0.5) is 5.95 Å². The number of hydrogen-bond acceptors (Lipinski definition) is 8. The van der Waals surface area contributed by atoms with Gasteiger partial charge in [0.1, 0.15) is 11.9 Å². The van der Waals surface area contributed by atoms with Crippen molar-refractivity contribution in [3.8, 4) is 11.5 Å². The minimum atomic E-state index is -0.534. The van der Waals surface area contributed by atoms with Crippen molar-refractivity contribution < 1.29 is 24.1 Å². The highest BCUT2D eigenvalue weighted by atomic mass is 16.5. The van der Waals surface area contributed by atoms with Crippen LogP contribution in [0.2, 0.25) is 0 Å². The maximum absolute atomic E-state index is 11.6. The van der Waals surface area contributed by atoms with Gasteiger partial charge in [0, 0.05) is 13.1 Å². The van der Waals surface area contributed by atoms with Crippen molar-refractivity contribution in [3.63, 3.8) is 0 Å². The Morgan fingerprint density at radius 1 is 1.03 bits per heavy atom. The highest BCUT2D eigenvalue weighted by Gasteiger charge is 2.43. The molecule has 1 aromatic carbocycles. The van der Waals surface area contributed by atoms with Gasteiger partial charge in [-0.2, -0.15) is 0 Å². The molecule has 2 aliphatic rings. The standard InChI is InChI=1S/C21H25N3O5/c1-27-17-9-22-21(23-10-17)24-11-14-7-18(25)19(8-15(14)12-24)29-16-5-3-13(4-6-16)20(26)28-2/h3-6,9-10,14-15,18-19,25H,7-8,11-12H2,1-2H3/t14-,15+,18-,19-/m0/s1. The van der Waals surface area contributed by atoms with E-state index in [1.807, 2.05) is 0 Å². The number of aliphatic hydroxyl groups is 1. The topological polar surface area (TPSA) is 94.0 Å². The van der Waals surface area contributed by atoms with Gasteiger partial charge < -0.3 is 24.2 Å². The van der Waals surface area contributed by atoms with Gasteiger partial charge in [-0.1, -0.05) is 0 Å². The van der Waals surface area contributed by atoms with Gasteiger partial charge in [-0.05, 0) is 48.9 Å². The summed E-state index contributed by atoms with van der Waals surface area (Å²) in [6.07, 6.45) is 3.97. The Kier molecular flexibility index (Phi) is 5.53. The zero-order valence-corrected chi connectivity index (χ0v) is 16.5. The Labute approximate surface area is 169 Å². The molecule has 1 aromatic heterocycles. The highest BCUT2D eigenvalue weighted by molar-refractivity contribution is 5.89. The van der Waals surface area contributed by atoms with Crippen LogP contribution in [0.5, 0.6) is 11.5 Å². The molecule has 0 radical (unpaired) electrons. The number of rotatable bonds is 5. The largest absolute Gasteiger partial charge is 0.494 e. The highest BCUT2D eigenvalue weighted by Crippen LogP contribution is 2.39. The molecular formula is C21H25N3O5. The lowest BCUT2D eigenvalue weighted by atomic mass is 9.78. The summed E-state index contributed by atoms with van der Waals surface area (Å²) in [4.78, 5) is 22.5. The molecule has 8 nitrogen and oxygen atoms in total. The third-order valence-electron chi connectivity index (χ3n) is 5.78. The van der Waals surface area contributed by atoms with Gasteiger partial charge in [0.15, 0.2) is 5.75 Å². The molecule has 0 spiro atoms. The summed E-state index contributed by atoms with van der Waals surface area (Å²) < 4.78 is 15.9. The van der Waals surface area contributed by atoms with Gasteiger partial charge in [0.2, 0.25) is 5.95 Å². The number of ether oxygens (including phenoxy) is 3. The number of esters is 1. The van der Waals surface area contributed by atoms with Crippen molar-refractivity contribution in [2.75, 3.05) is 32.2 Å². The summed E-state index contributed by atoms with van der Waals surface area (Å²) in [6.45, 7) is 1.67. The lowest BCUT2D eigenvalue weighted by Crippen LogP contribution is -2.42. The number of fused-ring (bicyclic) bond motifs is 1. The van der Waals surface area contributed by atoms with Crippen LogP contribution in [-0.2, 0) is 4.74 Å². The van der Waals surface area contributed by atoms with Crippen LogP contribution in [0.3, 0.4) is 0 Å². The molecule has 1 aliphatic heterocycles. The SMILES string of the molecule is COC(=O)c1ccc(O[C@H]2C[C@@H]3CN(c4ncc(OC)cn4)C[C@@H]3C[C@@H]2O)cc1. The maximum Gasteiger partial charge on any atom is 0.337 e. The molecule has 4 rings (SSSR count). The van der Waals surface area contributed by atoms with Gasteiger partial charge in [-0.15, -0.1) is 0 Å². The average molecular weight is 399 g/mol. The number of anilines is 1. The summed E-state index contributed by atoms with van der Waals surface area (Å²) in [6, 6.07) is 6.80. The van der Waals surface area contributed by atoms with Gasteiger partial charge in [-0.3, -0.25) is 0 Å². The van der Waals surface area contributed by atoms with Crippen LogP contribution in [0.15, 0.2) is 36.7 Å². The van der Waals surface area contributed by atoms with Crippen molar-refractivity contribution >= 4 is 11.9 Å². The Bertz CT molecular complexity index is 842. The third-order valence-corrected chi connectivity index (χ3v) is 5.78. The minimum Gasteiger partial charge on any atom is -0.494 e. The molecule has 1 aliphatic carbocycles. The number of aliphatic hydroxyl groups excluding tert-OH is 1. The Balaban J connectivity index is 1.39. The Morgan fingerprint density at radius 2 is 1.69 bits per heavy atom. The van der Waals surface area contributed by atoms with Crippen molar-refractivity contribution in [1.29, 1.82) is 0 Å². The molecule has 4 atom stereocenters. The zero-order valence-electron chi connectivity index (χ0n) is 16.5. The van der Waals surface area contributed by atoms with Crippen LogP contribution < -0.4 is 14.4 Å². The first kappa shape index (κ1) is 19.4. The van der Waals surface area contributed by atoms with Gasteiger partial charge >= 0.3 is 5.97 Å². The van der Waals surface area contributed by atoms with Gasteiger partial charge in [-0.25, -0.2) is 14.8 Å². The zero-order chi connectivity index (χ0) is 20.4. The van der Waals surface area contributed by atoms with Crippen LogP contribution >= 0.6 is 0 Å². The van der Waals surface area contributed by atoms with E-state index in [-0.39, 0.29) is 12.1 Å². The number of aromatic nitrogens is 2. The number of nitrogens with zero attached hydrogens (tertiary/aromatic N) is 3.